The van der Waals surface area contributed by atoms with Crippen LogP contribution in [0.2, 0.25) is 0 Å². The average molecular weight is 219 g/mol. The molecular formula is C13H17NO2. The lowest BCUT2D eigenvalue weighted by Gasteiger charge is -2.21. The van der Waals surface area contributed by atoms with Crippen LogP contribution >= 0.6 is 0 Å². The highest BCUT2D eigenvalue weighted by Gasteiger charge is 2.20. The van der Waals surface area contributed by atoms with E-state index >= 15 is 0 Å². The summed E-state index contributed by atoms with van der Waals surface area (Å²) in [5.74, 6) is 0.747. The van der Waals surface area contributed by atoms with E-state index in [0.29, 0.717) is 11.3 Å². The van der Waals surface area contributed by atoms with E-state index in [9.17, 15) is 4.79 Å². The van der Waals surface area contributed by atoms with Gasteiger partial charge in [0.1, 0.15) is 5.75 Å². The fourth-order valence-corrected chi connectivity index (χ4v) is 2.27. The number of ether oxygens (including phenoxy) is 1. The zero-order chi connectivity index (χ0) is 11.5. The first-order chi connectivity index (χ1) is 7.74. The SMILES string of the molecule is COc1cccc(N2CCCC2)c1C(C)=O. The Morgan fingerprint density at radius 1 is 1.31 bits per heavy atom. The molecule has 1 saturated heterocycles. The third-order valence-electron chi connectivity index (χ3n) is 3.02. The molecule has 1 aromatic carbocycles. The summed E-state index contributed by atoms with van der Waals surface area (Å²) in [6.07, 6.45) is 2.41. The molecule has 0 unspecified atom stereocenters. The third-order valence-corrected chi connectivity index (χ3v) is 3.02. The van der Waals surface area contributed by atoms with Crippen LogP contribution in [0.3, 0.4) is 0 Å². The second-order valence-electron chi connectivity index (χ2n) is 4.10. The first kappa shape index (κ1) is 11.0. The molecular weight excluding hydrogens is 202 g/mol. The fourth-order valence-electron chi connectivity index (χ4n) is 2.27. The number of carbonyl (C=O) groups is 1. The normalized spacial score (nSPS) is 15.2. The van der Waals surface area contributed by atoms with E-state index in [1.165, 1.54) is 12.8 Å². The van der Waals surface area contributed by atoms with Crippen LogP contribution in [0.4, 0.5) is 5.69 Å². The van der Waals surface area contributed by atoms with Gasteiger partial charge < -0.3 is 9.64 Å². The van der Waals surface area contributed by atoms with Gasteiger partial charge in [0.05, 0.1) is 18.4 Å². The predicted octanol–water partition coefficient (Wildman–Crippen LogP) is 2.50. The Bertz CT molecular complexity index is 395. The highest BCUT2D eigenvalue weighted by Crippen LogP contribution is 2.31. The van der Waals surface area contributed by atoms with Crippen molar-refractivity contribution in [3.05, 3.63) is 23.8 Å². The Morgan fingerprint density at radius 3 is 2.56 bits per heavy atom. The summed E-state index contributed by atoms with van der Waals surface area (Å²) in [5.41, 5.74) is 1.73. The lowest BCUT2D eigenvalue weighted by Crippen LogP contribution is -2.20. The van der Waals surface area contributed by atoms with E-state index in [1.54, 1.807) is 14.0 Å². The highest BCUT2D eigenvalue weighted by atomic mass is 16.5. The fraction of sp³-hybridized carbons (Fsp3) is 0.462. The van der Waals surface area contributed by atoms with Gasteiger partial charge in [0.2, 0.25) is 0 Å². The van der Waals surface area contributed by atoms with E-state index < -0.39 is 0 Å². The Labute approximate surface area is 96.0 Å². The van der Waals surface area contributed by atoms with Crippen molar-refractivity contribution in [1.29, 1.82) is 0 Å². The summed E-state index contributed by atoms with van der Waals surface area (Å²) in [7, 11) is 1.61. The molecule has 0 amide bonds. The molecule has 1 fully saturated rings. The molecule has 0 atom stereocenters. The molecule has 2 rings (SSSR count). The number of methoxy groups -OCH3 is 1. The number of rotatable bonds is 3. The number of anilines is 1. The molecule has 0 N–H and O–H groups in total. The maximum absolute atomic E-state index is 11.7. The summed E-state index contributed by atoms with van der Waals surface area (Å²) in [6, 6.07) is 5.79. The second kappa shape index (κ2) is 4.56. The first-order valence-corrected chi connectivity index (χ1v) is 5.67. The average Bonchev–Trinajstić information content (AvgIpc) is 2.81. The first-order valence-electron chi connectivity index (χ1n) is 5.67. The lowest BCUT2D eigenvalue weighted by atomic mass is 10.1. The Hall–Kier alpha value is -1.51. The zero-order valence-electron chi connectivity index (χ0n) is 9.82. The topological polar surface area (TPSA) is 29.5 Å². The van der Waals surface area contributed by atoms with Crippen molar-refractivity contribution < 1.29 is 9.53 Å². The van der Waals surface area contributed by atoms with Crippen LogP contribution in [0.1, 0.15) is 30.1 Å². The van der Waals surface area contributed by atoms with Crippen LogP contribution in [0, 0.1) is 0 Å². The van der Waals surface area contributed by atoms with Crippen molar-refractivity contribution >= 4 is 11.5 Å². The van der Waals surface area contributed by atoms with Gasteiger partial charge in [-0.15, -0.1) is 0 Å². The van der Waals surface area contributed by atoms with Gasteiger partial charge in [-0.05, 0) is 31.9 Å². The van der Waals surface area contributed by atoms with Gasteiger partial charge in [-0.25, -0.2) is 0 Å². The molecule has 1 aromatic rings. The van der Waals surface area contributed by atoms with E-state index in [0.717, 1.165) is 18.8 Å². The molecule has 3 nitrogen and oxygen atoms in total. The van der Waals surface area contributed by atoms with Crippen LogP contribution in [0.25, 0.3) is 0 Å². The van der Waals surface area contributed by atoms with Crippen LogP contribution in [0.15, 0.2) is 18.2 Å². The number of hydrogen-bond donors (Lipinski definition) is 0. The Morgan fingerprint density at radius 2 is 2.00 bits per heavy atom. The highest BCUT2D eigenvalue weighted by molar-refractivity contribution is 6.02. The molecule has 0 aliphatic carbocycles. The molecule has 1 aliphatic rings. The monoisotopic (exact) mass is 219 g/mol. The molecule has 3 heteroatoms. The summed E-state index contributed by atoms with van der Waals surface area (Å²) >= 11 is 0. The quantitative estimate of drug-likeness (QED) is 0.731. The molecule has 86 valence electrons. The van der Waals surface area contributed by atoms with Gasteiger partial charge in [-0.1, -0.05) is 6.07 Å². The maximum Gasteiger partial charge on any atom is 0.165 e. The number of benzene rings is 1. The lowest BCUT2D eigenvalue weighted by molar-refractivity contribution is 0.101. The van der Waals surface area contributed by atoms with Gasteiger partial charge in [0.25, 0.3) is 0 Å². The van der Waals surface area contributed by atoms with Gasteiger partial charge >= 0.3 is 0 Å². The van der Waals surface area contributed by atoms with Crippen molar-refractivity contribution in [3.8, 4) is 5.75 Å². The Kier molecular flexibility index (Phi) is 3.13. The smallest absolute Gasteiger partial charge is 0.165 e. The van der Waals surface area contributed by atoms with Gasteiger partial charge in [-0.2, -0.15) is 0 Å². The number of nitrogens with zero attached hydrogens (tertiary/aromatic N) is 1. The van der Waals surface area contributed by atoms with Gasteiger partial charge in [0, 0.05) is 13.1 Å². The largest absolute Gasteiger partial charge is 0.496 e. The van der Waals surface area contributed by atoms with Crippen molar-refractivity contribution in [2.24, 2.45) is 0 Å². The van der Waals surface area contributed by atoms with Crippen LogP contribution in [-0.4, -0.2) is 26.0 Å². The number of ketones is 1. The van der Waals surface area contributed by atoms with Crippen molar-refractivity contribution in [3.63, 3.8) is 0 Å². The third kappa shape index (κ3) is 1.90. The van der Waals surface area contributed by atoms with E-state index in [-0.39, 0.29) is 5.78 Å². The van der Waals surface area contributed by atoms with Crippen molar-refractivity contribution in [1.82, 2.24) is 0 Å². The molecule has 1 heterocycles. The summed E-state index contributed by atoms with van der Waals surface area (Å²) in [6.45, 7) is 3.66. The number of hydrogen-bond acceptors (Lipinski definition) is 3. The molecule has 0 bridgehead atoms. The molecule has 0 radical (unpaired) electrons. The minimum absolute atomic E-state index is 0.0688. The maximum atomic E-state index is 11.7. The summed E-state index contributed by atoms with van der Waals surface area (Å²) in [5, 5.41) is 0. The van der Waals surface area contributed by atoms with Crippen molar-refractivity contribution in [2.45, 2.75) is 19.8 Å². The number of carbonyl (C=O) groups excluding carboxylic acids is 1. The van der Waals surface area contributed by atoms with E-state index in [1.807, 2.05) is 18.2 Å². The van der Waals surface area contributed by atoms with E-state index in [2.05, 4.69) is 4.90 Å². The standard InChI is InChI=1S/C13H17NO2/c1-10(15)13-11(14-8-3-4-9-14)6-5-7-12(13)16-2/h5-7H,3-4,8-9H2,1-2H3. The second-order valence-corrected chi connectivity index (χ2v) is 4.10. The zero-order valence-corrected chi connectivity index (χ0v) is 9.82. The number of Topliss-reactive ketones (excluding diaryl/α,β-unsaturated/α-hetero) is 1. The van der Waals surface area contributed by atoms with E-state index in [4.69, 9.17) is 4.74 Å². The van der Waals surface area contributed by atoms with Crippen molar-refractivity contribution in [2.75, 3.05) is 25.1 Å². The summed E-state index contributed by atoms with van der Waals surface area (Å²) in [4.78, 5) is 14.0. The molecule has 16 heavy (non-hydrogen) atoms. The summed E-state index contributed by atoms with van der Waals surface area (Å²) < 4.78 is 5.26. The predicted molar refractivity (Wildman–Crippen MR) is 64.4 cm³/mol. The van der Waals surface area contributed by atoms with Gasteiger partial charge in [-0.3, -0.25) is 4.79 Å². The van der Waals surface area contributed by atoms with Crippen LogP contribution in [0.5, 0.6) is 5.75 Å². The molecule has 0 aromatic heterocycles. The minimum Gasteiger partial charge on any atom is -0.496 e. The molecule has 1 aliphatic heterocycles. The molecule has 0 spiro atoms. The minimum atomic E-state index is 0.0688. The van der Waals surface area contributed by atoms with Gasteiger partial charge in [0.15, 0.2) is 5.78 Å². The Balaban J connectivity index is 2.46. The molecule has 0 saturated carbocycles. The van der Waals surface area contributed by atoms with Crippen LogP contribution in [-0.2, 0) is 0 Å². The van der Waals surface area contributed by atoms with Crippen LogP contribution < -0.4 is 9.64 Å².